The smallest absolute Gasteiger partial charge is 0.103 e. The van der Waals surface area contributed by atoms with Crippen LogP contribution in [0.4, 0.5) is 0 Å². The molecule has 0 aliphatic rings. The van der Waals surface area contributed by atoms with E-state index >= 15 is 0 Å². The van der Waals surface area contributed by atoms with Gasteiger partial charge in [-0.15, -0.1) is 5.98 Å². The minimum Gasteiger partial charge on any atom is -0.128 e. The standard InChI is InChI=1S/C6H9B/c1-5(2)6(3)4-7/h4H,1H2,2-3H3. The van der Waals surface area contributed by atoms with E-state index in [1.54, 1.807) is 5.98 Å². The zero-order chi connectivity index (χ0) is 5.86. The average Bonchev–Trinajstić information content (AvgIpc) is 1.65. The van der Waals surface area contributed by atoms with Crippen LogP contribution in [0.2, 0.25) is 0 Å². The van der Waals surface area contributed by atoms with Crippen LogP contribution in [-0.4, -0.2) is 7.85 Å². The molecule has 0 spiro atoms. The lowest BCUT2D eigenvalue weighted by molar-refractivity contribution is 1.38. The second-order valence-electron chi connectivity index (χ2n) is 1.63. The molecule has 0 unspecified atom stereocenters. The van der Waals surface area contributed by atoms with Gasteiger partial charge in [-0.2, -0.15) is 0 Å². The zero-order valence-corrected chi connectivity index (χ0v) is 4.86. The normalized spacial score (nSPS) is 11.4. The Kier molecular flexibility index (Phi) is 2.50. The van der Waals surface area contributed by atoms with Crippen molar-refractivity contribution in [2.75, 3.05) is 0 Å². The highest BCUT2D eigenvalue weighted by atomic mass is 13.9. The van der Waals surface area contributed by atoms with E-state index in [0.717, 1.165) is 11.1 Å². The maximum atomic E-state index is 5.15. The summed E-state index contributed by atoms with van der Waals surface area (Å²) in [6.07, 6.45) is 0. The van der Waals surface area contributed by atoms with Crippen molar-refractivity contribution in [1.29, 1.82) is 0 Å². The first kappa shape index (κ1) is 6.54. The van der Waals surface area contributed by atoms with Crippen molar-refractivity contribution < 1.29 is 0 Å². The number of hydrogen-bond acceptors (Lipinski definition) is 0. The third-order valence-corrected chi connectivity index (χ3v) is 0.923. The molecule has 0 bridgehead atoms. The van der Waals surface area contributed by atoms with Gasteiger partial charge in [-0.25, -0.2) is 0 Å². The van der Waals surface area contributed by atoms with Crippen molar-refractivity contribution >= 4 is 7.85 Å². The quantitative estimate of drug-likeness (QED) is 0.340. The fraction of sp³-hybridized carbons (Fsp3) is 0.333. The molecule has 0 saturated heterocycles. The van der Waals surface area contributed by atoms with Gasteiger partial charge < -0.3 is 0 Å². The highest BCUT2D eigenvalue weighted by Crippen LogP contribution is 2.01. The van der Waals surface area contributed by atoms with E-state index in [1.807, 2.05) is 13.8 Å². The summed E-state index contributed by atoms with van der Waals surface area (Å²) in [5.41, 5.74) is 2.09. The maximum absolute atomic E-state index is 5.15. The predicted octanol–water partition coefficient (Wildman–Crippen LogP) is 1.63. The molecule has 0 aliphatic heterocycles. The largest absolute Gasteiger partial charge is 0.128 e. The van der Waals surface area contributed by atoms with E-state index < -0.39 is 0 Å². The van der Waals surface area contributed by atoms with Crippen molar-refractivity contribution in [3.8, 4) is 0 Å². The summed E-state index contributed by atoms with van der Waals surface area (Å²) in [5, 5.41) is 0. The van der Waals surface area contributed by atoms with Gasteiger partial charge in [-0.1, -0.05) is 17.7 Å². The van der Waals surface area contributed by atoms with Crippen molar-refractivity contribution in [2.24, 2.45) is 0 Å². The van der Waals surface area contributed by atoms with Gasteiger partial charge in [-0.3, -0.25) is 0 Å². The van der Waals surface area contributed by atoms with Gasteiger partial charge in [0, 0.05) is 0 Å². The summed E-state index contributed by atoms with van der Waals surface area (Å²) < 4.78 is 0. The summed E-state index contributed by atoms with van der Waals surface area (Å²) in [6, 6.07) is 0. The van der Waals surface area contributed by atoms with Crippen LogP contribution >= 0.6 is 0 Å². The molecule has 0 aromatic rings. The topological polar surface area (TPSA) is 0 Å². The Morgan fingerprint density at radius 1 is 1.57 bits per heavy atom. The lowest BCUT2D eigenvalue weighted by atomic mass is 10.0. The van der Waals surface area contributed by atoms with Gasteiger partial charge in [0.2, 0.25) is 0 Å². The molecule has 0 nitrogen and oxygen atoms in total. The predicted molar refractivity (Wildman–Crippen MR) is 34.3 cm³/mol. The molecular formula is C6H9B. The second-order valence-corrected chi connectivity index (χ2v) is 1.63. The minimum atomic E-state index is 1.03. The van der Waals surface area contributed by atoms with Gasteiger partial charge >= 0.3 is 0 Å². The fourth-order valence-corrected chi connectivity index (χ4v) is 0.142. The van der Waals surface area contributed by atoms with E-state index in [9.17, 15) is 0 Å². The molecule has 0 aliphatic carbocycles. The van der Waals surface area contributed by atoms with Crippen LogP contribution < -0.4 is 0 Å². The molecule has 0 amide bonds. The first-order valence-electron chi connectivity index (χ1n) is 2.23. The van der Waals surface area contributed by atoms with E-state index in [1.165, 1.54) is 0 Å². The average molecular weight is 91.9 g/mol. The van der Waals surface area contributed by atoms with Crippen molar-refractivity contribution in [3.05, 3.63) is 23.7 Å². The molecular weight excluding hydrogens is 82.9 g/mol. The Balaban J connectivity index is 3.82. The van der Waals surface area contributed by atoms with E-state index in [2.05, 4.69) is 6.58 Å². The lowest BCUT2D eigenvalue weighted by Crippen LogP contribution is -1.73. The zero-order valence-electron chi connectivity index (χ0n) is 4.86. The first-order chi connectivity index (χ1) is 3.18. The Labute approximate surface area is 46.3 Å². The molecule has 0 heterocycles. The molecule has 7 heavy (non-hydrogen) atoms. The summed E-state index contributed by atoms with van der Waals surface area (Å²) >= 11 is 0. The van der Waals surface area contributed by atoms with Crippen LogP contribution in [0, 0.1) is 0 Å². The van der Waals surface area contributed by atoms with Gasteiger partial charge in [0.1, 0.15) is 7.85 Å². The Morgan fingerprint density at radius 2 is 2.00 bits per heavy atom. The van der Waals surface area contributed by atoms with Crippen LogP contribution in [0.3, 0.4) is 0 Å². The third kappa shape index (κ3) is 2.27. The molecule has 0 saturated carbocycles. The number of hydrogen-bond donors (Lipinski definition) is 0. The van der Waals surface area contributed by atoms with Crippen LogP contribution in [-0.2, 0) is 0 Å². The summed E-state index contributed by atoms with van der Waals surface area (Å²) in [4.78, 5) is 0. The molecule has 0 fully saturated rings. The van der Waals surface area contributed by atoms with E-state index in [-0.39, 0.29) is 0 Å². The molecule has 0 N–H and O–H groups in total. The number of rotatable bonds is 1. The Bertz CT molecular complexity index is 101. The summed E-state index contributed by atoms with van der Waals surface area (Å²) in [6.45, 7) is 7.54. The van der Waals surface area contributed by atoms with E-state index in [0.29, 0.717) is 0 Å². The van der Waals surface area contributed by atoms with Crippen molar-refractivity contribution in [1.82, 2.24) is 0 Å². The SMILES string of the molecule is [B]C=C(C)C(=C)C. The molecule has 0 atom stereocenters. The van der Waals surface area contributed by atoms with E-state index in [4.69, 9.17) is 7.85 Å². The molecule has 2 radical (unpaired) electrons. The highest BCUT2D eigenvalue weighted by Gasteiger charge is 1.81. The highest BCUT2D eigenvalue weighted by molar-refractivity contribution is 6.17. The van der Waals surface area contributed by atoms with Crippen LogP contribution in [0.25, 0.3) is 0 Å². The fourth-order valence-electron chi connectivity index (χ4n) is 0.142. The molecule has 1 heteroatoms. The van der Waals surface area contributed by atoms with Crippen LogP contribution in [0.15, 0.2) is 23.7 Å². The molecule has 0 rings (SSSR count). The van der Waals surface area contributed by atoms with Gasteiger partial charge in [0.05, 0.1) is 0 Å². The summed E-state index contributed by atoms with van der Waals surface area (Å²) in [5.74, 6) is 1.56. The molecule has 36 valence electrons. The van der Waals surface area contributed by atoms with Gasteiger partial charge in [0.25, 0.3) is 0 Å². The lowest BCUT2D eigenvalue weighted by Gasteiger charge is -1.92. The second kappa shape index (κ2) is 2.67. The summed E-state index contributed by atoms with van der Waals surface area (Å²) in [7, 11) is 5.15. The molecule has 0 aromatic heterocycles. The first-order valence-corrected chi connectivity index (χ1v) is 2.23. The third-order valence-electron chi connectivity index (χ3n) is 0.923. The van der Waals surface area contributed by atoms with Crippen molar-refractivity contribution in [3.63, 3.8) is 0 Å². The van der Waals surface area contributed by atoms with Crippen molar-refractivity contribution in [2.45, 2.75) is 13.8 Å². The minimum absolute atomic E-state index is 1.03. The Hall–Kier alpha value is -0.455. The Morgan fingerprint density at radius 3 is 2.00 bits per heavy atom. The van der Waals surface area contributed by atoms with Gasteiger partial charge in [0.15, 0.2) is 0 Å². The number of allylic oxidation sites excluding steroid dienone is 2. The van der Waals surface area contributed by atoms with Crippen LogP contribution in [0.1, 0.15) is 13.8 Å². The van der Waals surface area contributed by atoms with Crippen LogP contribution in [0.5, 0.6) is 0 Å². The maximum Gasteiger partial charge on any atom is 0.103 e. The van der Waals surface area contributed by atoms with Gasteiger partial charge in [-0.05, 0) is 13.8 Å². The monoisotopic (exact) mass is 92.1 g/mol. The molecule has 0 aromatic carbocycles.